The molecule has 3 saturated heterocycles. The molecule has 0 spiro atoms. The minimum Gasteiger partial charge on any atom is -0.493 e. The van der Waals surface area contributed by atoms with E-state index in [0.717, 1.165) is 118 Å². The van der Waals surface area contributed by atoms with Crippen LogP contribution in [0.2, 0.25) is 0 Å². The summed E-state index contributed by atoms with van der Waals surface area (Å²) in [5, 5.41) is 30.2. The Morgan fingerprint density at radius 3 is 1.52 bits per heavy atom. The summed E-state index contributed by atoms with van der Waals surface area (Å²) in [6, 6.07) is 24.7. The number of aliphatic hydroxyl groups excluding tert-OH is 1. The van der Waals surface area contributed by atoms with Gasteiger partial charge >= 0.3 is 0 Å². The van der Waals surface area contributed by atoms with E-state index in [1.165, 1.54) is 6.92 Å². The summed E-state index contributed by atoms with van der Waals surface area (Å²) in [5.41, 5.74) is 5.90. The second-order valence-corrected chi connectivity index (χ2v) is 30.9. The lowest BCUT2D eigenvalue weighted by atomic mass is 9.86. The van der Waals surface area contributed by atoms with Crippen LogP contribution in [0.25, 0.3) is 0 Å². The molecule has 106 heavy (non-hydrogen) atoms. The molecule has 23 nitrogen and oxygen atoms in total. The summed E-state index contributed by atoms with van der Waals surface area (Å²) < 4.78 is 33.4. The third kappa shape index (κ3) is 27.5. The standard InChI is InChI=1S/C31H50N4O5.C30H43N3O5.C22H37N3O3/c1-20(2)33-30(38)26-12-9-21(3)29(40-14-8-13-39-7)27(26)15-23-17-32-18-24(23)19-35(25-10-11-25)28(37)16-31(5,6)34-22(4)36;1-21(2)33(29(35)24-13-12-22(3)27(16-24)38-15-9-14-37-5)20-26-18-31-17-25(26)19-32(4)30(36)28(34)23-10-7-6-8-11-23;1-16(2)25(15-20-14-24-13-19(20)12-23-4)22(26)18-8-7-17(3)21(11-18)28-10-6-9-27-5/h9,12,20,23-25,32H,8,10-11,13-19H2,1-7H3,(H,33,38)(H,34,36);6-8,10-13,16,21,25-26,28,31,34H,9,14-15,17-20H2,1-5H3;7-8,11,16,19-20,23-24H,6,9-10,12-15H2,1-5H3/t23-,24+;25-,26-,28-;19-,20-/m100/s1. The van der Waals surface area contributed by atoms with E-state index in [9.17, 15) is 33.9 Å². The quantitative estimate of drug-likeness (QED) is 0.0206. The van der Waals surface area contributed by atoms with Crippen molar-refractivity contribution in [3.63, 3.8) is 0 Å². The van der Waals surface area contributed by atoms with Crippen LogP contribution in [0, 0.1) is 56.3 Å². The first-order valence-electron chi connectivity index (χ1n) is 38.6. The summed E-state index contributed by atoms with van der Waals surface area (Å²) in [6.07, 6.45) is 4.18. The van der Waals surface area contributed by atoms with E-state index in [1.807, 2.05) is 151 Å². The molecule has 4 fully saturated rings. The Balaban J connectivity index is 0.000000253. The summed E-state index contributed by atoms with van der Waals surface area (Å²) in [6.45, 7) is 35.6. The van der Waals surface area contributed by atoms with Gasteiger partial charge in [0, 0.05) is 179 Å². The lowest BCUT2D eigenvalue weighted by molar-refractivity contribution is -0.140. The number of carbonyl (C=O) groups excluding carboxylic acids is 6. The highest BCUT2D eigenvalue weighted by molar-refractivity contribution is 5.97. The predicted octanol–water partition coefficient (Wildman–Crippen LogP) is 8.83. The highest BCUT2D eigenvalue weighted by atomic mass is 16.5. The number of nitrogens with one attached hydrogen (secondary N) is 6. The van der Waals surface area contributed by atoms with E-state index in [-0.39, 0.29) is 89.7 Å². The van der Waals surface area contributed by atoms with Crippen LogP contribution in [0.4, 0.5) is 0 Å². The molecule has 590 valence electrons. The van der Waals surface area contributed by atoms with Crippen molar-refractivity contribution in [1.29, 1.82) is 0 Å². The molecule has 6 amide bonds. The molecule has 7 atom stereocenters. The molecule has 3 heterocycles. The number of benzene rings is 4. The zero-order valence-electron chi connectivity index (χ0n) is 67.0. The van der Waals surface area contributed by atoms with E-state index in [2.05, 4.69) is 45.7 Å². The third-order valence-corrected chi connectivity index (χ3v) is 20.3. The lowest BCUT2D eigenvalue weighted by Gasteiger charge is -2.33. The number of likely N-dealkylation sites (N-methyl/N-ethyl adjacent to an activating group) is 1. The van der Waals surface area contributed by atoms with Crippen LogP contribution in [-0.4, -0.2) is 237 Å². The summed E-state index contributed by atoms with van der Waals surface area (Å²) in [5.74, 6) is 3.71. The Morgan fingerprint density at radius 1 is 0.585 bits per heavy atom. The van der Waals surface area contributed by atoms with Gasteiger partial charge in [-0.05, 0) is 217 Å². The number of aliphatic hydroxyl groups is 1. The second kappa shape index (κ2) is 44.3. The molecule has 8 rings (SSSR count). The normalized spacial score (nSPS) is 18.7. The van der Waals surface area contributed by atoms with Crippen molar-refractivity contribution in [3.8, 4) is 17.2 Å². The Hall–Kier alpha value is -7.22. The molecule has 1 aliphatic carbocycles. The molecule has 1 saturated carbocycles. The Bertz CT molecular complexity index is 3390. The van der Waals surface area contributed by atoms with Crippen LogP contribution >= 0.6 is 0 Å². The number of carbonyl (C=O) groups is 6. The fourth-order valence-corrected chi connectivity index (χ4v) is 14.3. The largest absolute Gasteiger partial charge is 0.493 e. The Labute approximate surface area is 633 Å². The van der Waals surface area contributed by atoms with Crippen molar-refractivity contribution in [2.45, 2.75) is 164 Å². The molecule has 7 N–H and O–H groups in total. The minimum atomic E-state index is -1.18. The number of hydrogen-bond acceptors (Lipinski definition) is 17. The third-order valence-electron chi connectivity index (χ3n) is 20.3. The minimum absolute atomic E-state index is 0.00962. The van der Waals surface area contributed by atoms with Gasteiger partial charge in [-0.15, -0.1) is 0 Å². The van der Waals surface area contributed by atoms with Crippen molar-refractivity contribution in [3.05, 3.63) is 123 Å². The maximum absolute atomic E-state index is 13.6. The van der Waals surface area contributed by atoms with Gasteiger partial charge in [-0.2, -0.15) is 0 Å². The number of amides is 6. The van der Waals surface area contributed by atoms with E-state index in [1.54, 1.807) is 45.4 Å². The number of ether oxygens (including phenoxy) is 6. The number of nitrogens with zero attached hydrogens (tertiary/aromatic N) is 4. The summed E-state index contributed by atoms with van der Waals surface area (Å²) >= 11 is 0. The number of aryl methyl sites for hydroxylation is 3. The van der Waals surface area contributed by atoms with Gasteiger partial charge in [-0.1, -0.05) is 48.5 Å². The average Bonchev–Trinajstić information content (AvgIpc) is 1.82. The molecule has 4 aromatic carbocycles. The molecule has 0 bridgehead atoms. The van der Waals surface area contributed by atoms with Crippen molar-refractivity contribution in [1.82, 2.24) is 51.5 Å². The fourth-order valence-electron chi connectivity index (χ4n) is 14.3. The van der Waals surface area contributed by atoms with Gasteiger partial charge in [-0.3, -0.25) is 28.8 Å². The lowest BCUT2D eigenvalue weighted by Crippen LogP contribution is -2.48. The molecule has 4 aromatic rings. The van der Waals surface area contributed by atoms with Gasteiger partial charge in [0.15, 0.2) is 6.10 Å². The zero-order valence-corrected chi connectivity index (χ0v) is 67.0. The van der Waals surface area contributed by atoms with E-state index in [4.69, 9.17) is 28.4 Å². The Morgan fingerprint density at radius 2 is 1.05 bits per heavy atom. The van der Waals surface area contributed by atoms with Crippen molar-refractivity contribution in [2.75, 3.05) is 147 Å². The van der Waals surface area contributed by atoms with Gasteiger partial charge < -0.3 is 85.0 Å². The second-order valence-electron chi connectivity index (χ2n) is 30.9. The topological polar surface area (TPSA) is 263 Å². The molecule has 4 aliphatic rings. The smallest absolute Gasteiger partial charge is 0.255 e. The molecule has 0 radical (unpaired) electrons. The van der Waals surface area contributed by atoms with Gasteiger partial charge in [0.1, 0.15) is 17.2 Å². The molecule has 0 unspecified atom stereocenters. The monoisotopic (exact) mass is 1470 g/mol. The molecule has 23 heteroatoms. The summed E-state index contributed by atoms with van der Waals surface area (Å²) in [7, 11) is 8.75. The first kappa shape index (κ1) is 87.7. The summed E-state index contributed by atoms with van der Waals surface area (Å²) in [4.78, 5) is 85.8. The van der Waals surface area contributed by atoms with Crippen molar-refractivity contribution >= 4 is 35.4 Å². The van der Waals surface area contributed by atoms with Crippen molar-refractivity contribution < 1.29 is 62.3 Å². The number of hydrogen-bond donors (Lipinski definition) is 7. The highest BCUT2D eigenvalue weighted by Crippen LogP contribution is 2.37. The molecule has 3 aliphatic heterocycles. The van der Waals surface area contributed by atoms with E-state index >= 15 is 0 Å². The first-order valence-corrected chi connectivity index (χ1v) is 38.6. The van der Waals surface area contributed by atoms with Gasteiger partial charge in [0.25, 0.3) is 23.6 Å². The average molecular weight is 1480 g/mol. The van der Waals surface area contributed by atoms with Gasteiger partial charge in [-0.25, -0.2) is 0 Å². The maximum Gasteiger partial charge on any atom is 0.255 e. The SMILES string of the molecule is CNC[C@H]1CNC[C@H]1CN(C(=O)c1ccc(C)c(OCCCOC)c1)C(C)C.COCCCOc1c(C)ccc(C(=O)NC(C)C)c1C[C@@H]1CNC[C@H]1CN(C(=O)CC(C)(C)NC(C)=O)C1CC1.COCCCOc1cc(C(=O)N(C[C@@H]2CNC[C@H]2CN(C)C(=O)[C@@H](O)c2ccccc2)C(C)C)ccc1C. The Kier molecular flexibility index (Phi) is 36.6. The molecule has 0 aromatic heterocycles. The van der Waals surface area contributed by atoms with Crippen LogP contribution in [0.15, 0.2) is 78.9 Å². The first-order chi connectivity index (χ1) is 50.6. The molecular formula is C83H130N10O13. The van der Waals surface area contributed by atoms with Crippen LogP contribution < -0.4 is 46.1 Å². The van der Waals surface area contributed by atoms with Crippen LogP contribution in [0.3, 0.4) is 0 Å². The number of methoxy groups -OCH3 is 3. The van der Waals surface area contributed by atoms with Crippen LogP contribution in [0.1, 0.15) is 166 Å². The zero-order chi connectivity index (χ0) is 77.6. The van der Waals surface area contributed by atoms with Gasteiger partial charge in [0.2, 0.25) is 11.8 Å². The number of rotatable bonds is 39. The van der Waals surface area contributed by atoms with Crippen LogP contribution in [0.5, 0.6) is 17.2 Å². The van der Waals surface area contributed by atoms with E-state index in [0.29, 0.717) is 106 Å². The fraction of sp³-hybridized carbons (Fsp3) is 0.639. The molecular weight excluding hydrogens is 1340 g/mol. The highest BCUT2D eigenvalue weighted by Gasteiger charge is 2.41. The van der Waals surface area contributed by atoms with Gasteiger partial charge in [0.05, 0.1) is 19.8 Å². The van der Waals surface area contributed by atoms with Crippen molar-refractivity contribution in [2.24, 2.45) is 35.5 Å². The maximum atomic E-state index is 13.6. The van der Waals surface area contributed by atoms with Crippen LogP contribution in [-0.2, 0) is 35.0 Å². The van der Waals surface area contributed by atoms with E-state index < -0.39 is 11.6 Å². The predicted molar refractivity (Wildman–Crippen MR) is 418 cm³/mol.